The fourth-order valence-electron chi connectivity index (χ4n) is 3.13. The highest BCUT2D eigenvalue weighted by Gasteiger charge is 2.30. The van der Waals surface area contributed by atoms with Crippen LogP contribution in [0, 0.1) is 5.82 Å². The second-order valence-corrected chi connectivity index (χ2v) is 5.74. The Balaban J connectivity index is 1.84. The maximum absolute atomic E-state index is 13.5. The summed E-state index contributed by atoms with van der Waals surface area (Å²) in [5, 5.41) is 0.375. The van der Waals surface area contributed by atoms with Crippen molar-refractivity contribution < 1.29 is 9.18 Å². The van der Waals surface area contributed by atoms with Crippen molar-refractivity contribution in [3.05, 3.63) is 82.7 Å². The molecule has 7 heteroatoms. The lowest BCUT2D eigenvalue weighted by Gasteiger charge is -2.07. The highest BCUT2D eigenvalue weighted by Crippen LogP contribution is 2.27. The molecule has 1 aliphatic heterocycles. The van der Waals surface area contributed by atoms with Gasteiger partial charge in [-0.3, -0.25) is 14.2 Å². The zero-order chi connectivity index (χ0) is 17.1. The van der Waals surface area contributed by atoms with Crippen molar-refractivity contribution >= 4 is 16.7 Å². The molecule has 0 saturated heterocycles. The molecular formula is C18H9FN4O2. The Labute approximate surface area is 139 Å². The number of rotatable bonds is 1. The Morgan fingerprint density at radius 1 is 1.04 bits per heavy atom. The number of ketones is 1. The number of halogens is 1. The maximum atomic E-state index is 13.5. The molecule has 0 bridgehead atoms. The van der Waals surface area contributed by atoms with Crippen LogP contribution < -0.4 is 5.56 Å². The predicted molar refractivity (Wildman–Crippen MR) is 87.9 cm³/mol. The Bertz CT molecular complexity index is 1240. The first-order valence-electron chi connectivity index (χ1n) is 7.53. The molecule has 0 N–H and O–H groups in total. The first kappa shape index (κ1) is 13.8. The first-order valence-corrected chi connectivity index (χ1v) is 7.53. The average Bonchev–Trinajstić information content (AvgIpc) is 3.23. The van der Waals surface area contributed by atoms with Crippen LogP contribution in [0.3, 0.4) is 0 Å². The zero-order valence-corrected chi connectivity index (χ0v) is 12.7. The number of hydrogen-bond acceptors (Lipinski definition) is 4. The number of aromatic nitrogens is 4. The van der Waals surface area contributed by atoms with Gasteiger partial charge in [-0.2, -0.15) is 0 Å². The molecule has 120 valence electrons. The summed E-state index contributed by atoms with van der Waals surface area (Å²) in [6.07, 6.45) is 5.03. The van der Waals surface area contributed by atoms with Gasteiger partial charge >= 0.3 is 0 Å². The minimum Gasteiger partial charge on any atom is -0.306 e. The molecule has 5 rings (SSSR count). The van der Waals surface area contributed by atoms with E-state index in [1.165, 1.54) is 16.7 Å². The van der Waals surface area contributed by atoms with Crippen LogP contribution >= 0.6 is 0 Å². The molecule has 1 aliphatic rings. The number of fused-ring (bicyclic) bond motifs is 4. The molecule has 0 amide bonds. The van der Waals surface area contributed by atoms with Crippen molar-refractivity contribution in [3.8, 4) is 11.4 Å². The van der Waals surface area contributed by atoms with Crippen LogP contribution in [0.4, 0.5) is 4.39 Å². The van der Waals surface area contributed by atoms with E-state index in [0.717, 1.165) is 11.8 Å². The number of imidazole rings is 1. The SMILES string of the molecule is O=C1c2cc(F)ccc2-n2c1nc1ccc(-n3ccnc3)cc1c2=O. The number of carbonyl (C=O) groups is 1. The largest absolute Gasteiger partial charge is 0.306 e. The topological polar surface area (TPSA) is 69.8 Å². The summed E-state index contributed by atoms with van der Waals surface area (Å²) in [6.45, 7) is 0. The molecule has 0 radical (unpaired) electrons. The zero-order valence-electron chi connectivity index (χ0n) is 12.7. The Kier molecular flexibility index (Phi) is 2.59. The van der Waals surface area contributed by atoms with E-state index in [0.29, 0.717) is 16.6 Å². The second-order valence-electron chi connectivity index (χ2n) is 5.74. The van der Waals surface area contributed by atoms with Gasteiger partial charge in [-0.15, -0.1) is 0 Å². The van der Waals surface area contributed by atoms with Gasteiger partial charge in [-0.1, -0.05) is 0 Å². The third-order valence-corrected chi connectivity index (χ3v) is 4.30. The van der Waals surface area contributed by atoms with E-state index in [9.17, 15) is 14.0 Å². The van der Waals surface area contributed by atoms with Gasteiger partial charge in [0.05, 0.1) is 28.5 Å². The highest BCUT2D eigenvalue weighted by atomic mass is 19.1. The molecule has 2 aromatic carbocycles. The molecule has 25 heavy (non-hydrogen) atoms. The number of hydrogen-bond donors (Lipinski definition) is 0. The Hall–Kier alpha value is -3.61. The maximum Gasteiger partial charge on any atom is 0.266 e. The fraction of sp³-hybridized carbons (Fsp3) is 0. The molecule has 6 nitrogen and oxygen atoms in total. The van der Waals surface area contributed by atoms with Gasteiger partial charge in [0.1, 0.15) is 5.82 Å². The van der Waals surface area contributed by atoms with Crippen molar-refractivity contribution in [2.45, 2.75) is 0 Å². The van der Waals surface area contributed by atoms with E-state index in [2.05, 4.69) is 9.97 Å². The number of benzene rings is 2. The molecule has 3 heterocycles. The summed E-state index contributed by atoms with van der Waals surface area (Å²) in [5.74, 6) is -0.972. The van der Waals surface area contributed by atoms with Gasteiger partial charge in [0.2, 0.25) is 5.78 Å². The molecule has 0 saturated carbocycles. The lowest BCUT2D eigenvalue weighted by atomic mass is 10.1. The minimum absolute atomic E-state index is 0.00785. The standard InChI is InChI=1S/C18H9FN4O2/c19-10-1-4-15-13(7-10)16(24)17-21-14-3-2-11(22-6-5-20-9-22)8-12(14)18(25)23(15)17/h1-9H. The highest BCUT2D eigenvalue weighted by molar-refractivity contribution is 6.13. The van der Waals surface area contributed by atoms with E-state index in [1.54, 1.807) is 41.5 Å². The van der Waals surface area contributed by atoms with Gasteiger partial charge < -0.3 is 4.57 Å². The average molecular weight is 332 g/mol. The van der Waals surface area contributed by atoms with Crippen molar-refractivity contribution in [2.75, 3.05) is 0 Å². The van der Waals surface area contributed by atoms with Crippen LogP contribution in [0.2, 0.25) is 0 Å². The lowest BCUT2D eigenvalue weighted by Crippen LogP contribution is -2.21. The summed E-state index contributed by atoms with van der Waals surface area (Å²) < 4.78 is 16.5. The van der Waals surface area contributed by atoms with Crippen LogP contribution in [-0.2, 0) is 0 Å². The Morgan fingerprint density at radius 3 is 2.72 bits per heavy atom. The van der Waals surface area contributed by atoms with E-state index < -0.39 is 11.6 Å². The monoisotopic (exact) mass is 332 g/mol. The second kappa shape index (κ2) is 4.70. The summed E-state index contributed by atoms with van der Waals surface area (Å²) in [5.41, 5.74) is 1.32. The first-order chi connectivity index (χ1) is 12.1. The van der Waals surface area contributed by atoms with Crippen molar-refractivity contribution in [2.24, 2.45) is 0 Å². The van der Waals surface area contributed by atoms with Crippen LogP contribution in [-0.4, -0.2) is 24.9 Å². The van der Waals surface area contributed by atoms with Crippen LogP contribution in [0.1, 0.15) is 16.2 Å². The molecule has 4 aromatic rings. The number of carbonyl (C=O) groups excluding carboxylic acids is 1. The summed E-state index contributed by atoms with van der Waals surface area (Å²) >= 11 is 0. The van der Waals surface area contributed by atoms with Gasteiger partial charge in [0.25, 0.3) is 5.56 Å². The Morgan fingerprint density at radius 2 is 1.92 bits per heavy atom. The van der Waals surface area contributed by atoms with E-state index in [1.807, 2.05) is 0 Å². The van der Waals surface area contributed by atoms with E-state index >= 15 is 0 Å². The van der Waals surface area contributed by atoms with Gasteiger partial charge in [0, 0.05) is 18.1 Å². The molecule has 0 unspecified atom stereocenters. The van der Waals surface area contributed by atoms with E-state index in [4.69, 9.17) is 0 Å². The molecule has 0 aliphatic carbocycles. The fourth-order valence-corrected chi connectivity index (χ4v) is 3.13. The molecular weight excluding hydrogens is 323 g/mol. The molecule has 0 atom stereocenters. The molecule has 2 aromatic heterocycles. The van der Waals surface area contributed by atoms with Crippen LogP contribution in [0.5, 0.6) is 0 Å². The lowest BCUT2D eigenvalue weighted by molar-refractivity contribution is 0.103. The quantitative estimate of drug-likeness (QED) is 0.472. The van der Waals surface area contributed by atoms with Gasteiger partial charge in [-0.05, 0) is 36.4 Å². The summed E-state index contributed by atoms with van der Waals surface area (Å²) in [4.78, 5) is 33.8. The summed E-state index contributed by atoms with van der Waals surface area (Å²) in [7, 11) is 0. The predicted octanol–water partition coefficient (Wildman–Crippen LogP) is 2.25. The molecule has 0 fully saturated rings. The van der Waals surface area contributed by atoms with Gasteiger partial charge in [0.15, 0.2) is 5.82 Å². The number of nitrogens with zero attached hydrogens (tertiary/aromatic N) is 4. The third kappa shape index (κ3) is 1.83. The van der Waals surface area contributed by atoms with Crippen molar-refractivity contribution in [1.29, 1.82) is 0 Å². The van der Waals surface area contributed by atoms with Crippen LogP contribution in [0.25, 0.3) is 22.3 Å². The minimum atomic E-state index is -0.528. The van der Waals surface area contributed by atoms with Gasteiger partial charge in [-0.25, -0.2) is 14.4 Å². The smallest absolute Gasteiger partial charge is 0.266 e. The van der Waals surface area contributed by atoms with Crippen LogP contribution in [0.15, 0.2) is 59.9 Å². The molecule has 0 spiro atoms. The van der Waals surface area contributed by atoms with Crippen molar-refractivity contribution in [1.82, 2.24) is 19.1 Å². The summed E-state index contributed by atoms with van der Waals surface area (Å²) in [6, 6.07) is 8.95. The van der Waals surface area contributed by atoms with Crippen molar-refractivity contribution in [3.63, 3.8) is 0 Å². The third-order valence-electron chi connectivity index (χ3n) is 4.30. The normalized spacial score (nSPS) is 12.4. The van der Waals surface area contributed by atoms with E-state index in [-0.39, 0.29) is 16.9 Å².